The average Bonchev–Trinajstić information content (AvgIpc) is 2.76. The zero-order valence-electron chi connectivity index (χ0n) is 10.5. The van der Waals surface area contributed by atoms with Crippen molar-refractivity contribution in [2.24, 2.45) is 0 Å². The number of benzene rings is 1. The number of aryl methyl sites for hydroxylation is 1. The Bertz CT molecular complexity index is 561. The van der Waals surface area contributed by atoms with E-state index in [0.29, 0.717) is 5.56 Å². The highest BCUT2D eigenvalue weighted by Crippen LogP contribution is 2.35. The molecule has 1 atom stereocenters. The Hall–Kier alpha value is -1.39. The normalized spacial score (nSPS) is 14.3. The lowest BCUT2D eigenvalue weighted by Gasteiger charge is -2.23. The van der Waals surface area contributed by atoms with Crippen LogP contribution in [0.25, 0.3) is 0 Å². The van der Waals surface area contributed by atoms with Gasteiger partial charge in [-0.3, -0.25) is 0 Å². The summed E-state index contributed by atoms with van der Waals surface area (Å²) in [6, 6.07) is 8.32. The first-order chi connectivity index (χ1) is 8.45. The van der Waals surface area contributed by atoms with Crippen LogP contribution in [0.3, 0.4) is 0 Å². The summed E-state index contributed by atoms with van der Waals surface area (Å²) in [5.41, 5.74) is -0.672. The first-order valence-corrected chi connectivity index (χ1v) is 6.40. The van der Waals surface area contributed by atoms with Gasteiger partial charge in [0, 0.05) is 9.75 Å². The molecule has 1 heterocycles. The maximum Gasteiger partial charge on any atom is 0.165 e. The van der Waals surface area contributed by atoms with E-state index in [9.17, 15) is 9.50 Å². The van der Waals surface area contributed by atoms with Gasteiger partial charge in [0.1, 0.15) is 5.60 Å². The molecular formula is C14H15FO2S. The number of methoxy groups -OCH3 is 1. The lowest BCUT2D eigenvalue weighted by Crippen LogP contribution is -2.21. The highest BCUT2D eigenvalue weighted by Gasteiger charge is 2.28. The summed E-state index contributed by atoms with van der Waals surface area (Å²) in [6.45, 7) is 3.64. The van der Waals surface area contributed by atoms with Gasteiger partial charge in [0.15, 0.2) is 11.6 Å². The van der Waals surface area contributed by atoms with E-state index in [1.807, 2.05) is 19.1 Å². The maximum absolute atomic E-state index is 13.7. The number of aliphatic hydroxyl groups is 1. The van der Waals surface area contributed by atoms with E-state index in [-0.39, 0.29) is 5.75 Å². The van der Waals surface area contributed by atoms with Gasteiger partial charge >= 0.3 is 0 Å². The minimum Gasteiger partial charge on any atom is -0.494 e. The third-order valence-electron chi connectivity index (χ3n) is 2.93. The molecular weight excluding hydrogens is 251 g/mol. The van der Waals surface area contributed by atoms with Crippen LogP contribution in [0.15, 0.2) is 30.3 Å². The Balaban J connectivity index is 2.44. The second kappa shape index (κ2) is 4.71. The standard InChI is InChI=1S/C14H15FO2S/c1-9-4-7-13(18-9)14(2,16)10-5-6-12(17-3)11(15)8-10/h4-8,16H,1-3H3. The van der Waals surface area contributed by atoms with Crippen LogP contribution in [-0.4, -0.2) is 12.2 Å². The molecule has 0 bridgehead atoms. The van der Waals surface area contributed by atoms with Crippen molar-refractivity contribution in [3.8, 4) is 5.75 Å². The Morgan fingerprint density at radius 1 is 1.28 bits per heavy atom. The van der Waals surface area contributed by atoms with Gasteiger partial charge in [-0.05, 0) is 43.7 Å². The topological polar surface area (TPSA) is 29.5 Å². The summed E-state index contributed by atoms with van der Waals surface area (Å²) in [5.74, 6) is -0.291. The molecule has 0 saturated carbocycles. The van der Waals surface area contributed by atoms with Crippen molar-refractivity contribution in [2.45, 2.75) is 19.4 Å². The van der Waals surface area contributed by atoms with Crippen LogP contribution in [0.1, 0.15) is 22.2 Å². The van der Waals surface area contributed by atoms with Crippen LogP contribution in [0, 0.1) is 12.7 Å². The van der Waals surface area contributed by atoms with Crippen LogP contribution in [0.5, 0.6) is 5.75 Å². The van der Waals surface area contributed by atoms with Gasteiger partial charge < -0.3 is 9.84 Å². The molecule has 2 aromatic rings. The molecule has 2 nitrogen and oxygen atoms in total. The van der Waals surface area contributed by atoms with Crippen LogP contribution >= 0.6 is 11.3 Å². The molecule has 0 amide bonds. The number of ether oxygens (including phenoxy) is 1. The molecule has 18 heavy (non-hydrogen) atoms. The SMILES string of the molecule is COc1ccc(C(C)(O)c2ccc(C)s2)cc1F. The lowest BCUT2D eigenvalue weighted by molar-refractivity contribution is 0.106. The molecule has 0 aliphatic heterocycles. The minimum atomic E-state index is -1.19. The summed E-state index contributed by atoms with van der Waals surface area (Å²) in [6.07, 6.45) is 0. The molecule has 0 fully saturated rings. The fourth-order valence-corrected chi connectivity index (χ4v) is 2.74. The van der Waals surface area contributed by atoms with Crippen molar-refractivity contribution in [3.05, 3.63) is 51.5 Å². The predicted molar refractivity (Wildman–Crippen MR) is 70.7 cm³/mol. The maximum atomic E-state index is 13.7. The second-order valence-corrected chi connectivity index (χ2v) is 5.62. The van der Waals surface area contributed by atoms with E-state index < -0.39 is 11.4 Å². The van der Waals surface area contributed by atoms with Gasteiger partial charge in [0.05, 0.1) is 7.11 Å². The van der Waals surface area contributed by atoms with Crippen LogP contribution < -0.4 is 4.74 Å². The van der Waals surface area contributed by atoms with E-state index in [1.165, 1.54) is 30.6 Å². The number of halogens is 1. The van der Waals surface area contributed by atoms with Gasteiger partial charge in [-0.15, -0.1) is 11.3 Å². The smallest absolute Gasteiger partial charge is 0.165 e. The van der Waals surface area contributed by atoms with Gasteiger partial charge in [-0.25, -0.2) is 4.39 Å². The molecule has 0 aliphatic rings. The molecule has 1 N–H and O–H groups in total. The first-order valence-electron chi connectivity index (χ1n) is 5.58. The van der Waals surface area contributed by atoms with Crippen molar-refractivity contribution in [1.82, 2.24) is 0 Å². The second-order valence-electron chi connectivity index (χ2n) is 4.33. The van der Waals surface area contributed by atoms with E-state index >= 15 is 0 Å². The summed E-state index contributed by atoms with van der Waals surface area (Å²) >= 11 is 1.50. The summed E-state index contributed by atoms with van der Waals surface area (Å²) in [7, 11) is 1.42. The lowest BCUT2D eigenvalue weighted by atomic mass is 9.94. The number of hydrogen-bond donors (Lipinski definition) is 1. The Morgan fingerprint density at radius 2 is 2.00 bits per heavy atom. The quantitative estimate of drug-likeness (QED) is 0.922. The highest BCUT2D eigenvalue weighted by atomic mass is 32.1. The first kappa shape index (κ1) is 13.1. The molecule has 2 rings (SSSR count). The molecule has 96 valence electrons. The van der Waals surface area contributed by atoms with E-state index in [0.717, 1.165) is 9.75 Å². The van der Waals surface area contributed by atoms with E-state index in [4.69, 9.17) is 4.74 Å². The molecule has 0 spiro atoms. The van der Waals surface area contributed by atoms with Gasteiger partial charge in [-0.1, -0.05) is 6.07 Å². The summed E-state index contributed by atoms with van der Waals surface area (Å²) < 4.78 is 18.5. The largest absolute Gasteiger partial charge is 0.494 e. The Labute approximate surface area is 110 Å². The molecule has 4 heteroatoms. The van der Waals surface area contributed by atoms with Crippen LogP contribution in [0.2, 0.25) is 0 Å². The van der Waals surface area contributed by atoms with Gasteiger partial charge in [0.25, 0.3) is 0 Å². The molecule has 0 aliphatic carbocycles. The van der Waals surface area contributed by atoms with Crippen molar-refractivity contribution >= 4 is 11.3 Å². The zero-order valence-corrected chi connectivity index (χ0v) is 11.3. The molecule has 1 aromatic heterocycles. The highest BCUT2D eigenvalue weighted by molar-refractivity contribution is 7.12. The van der Waals surface area contributed by atoms with Crippen molar-refractivity contribution < 1.29 is 14.2 Å². The third kappa shape index (κ3) is 2.26. The number of thiophene rings is 1. The molecule has 0 saturated heterocycles. The number of rotatable bonds is 3. The average molecular weight is 266 g/mol. The number of hydrogen-bond acceptors (Lipinski definition) is 3. The van der Waals surface area contributed by atoms with Gasteiger partial charge in [-0.2, -0.15) is 0 Å². The van der Waals surface area contributed by atoms with Gasteiger partial charge in [0.2, 0.25) is 0 Å². The molecule has 1 aromatic carbocycles. The van der Waals surface area contributed by atoms with Crippen LogP contribution in [-0.2, 0) is 5.60 Å². The molecule has 0 radical (unpaired) electrons. The van der Waals surface area contributed by atoms with E-state index in [2.05, 4.69) is 0 Å². The van der Waals surface area contributed by atoms with E-state index in [1.54, 1.807) is 13.0 Å². The zero-order chi connectivity index (χ0) is 13.3. The molecule has 1 unspecified atom stereocenters. The fraction of sp³-hybridized carbons (Fsp3) is 0.286. The Kier molecular flexibility index (Phi) is 3.41. The Morgan fingerprint density at radius 3 is 2.50 bits per heavy atom. The predicted octanol–water partition coefficient (Wildman–Crippen LogP) is 3.46. The summed E-state index contributed by atoms with van der Waals surface area (Å²) in [5, 5.41) is 10.6. The fourth-order valence-electron chi connectivity index (χ4n) is 1.81. The van der Waals surface area contributed by atoms with Crippen molar-refractivity contribution in [2.75, 3.05) is 7.11 Å². The third-order valence-corrected chi connectivity index (χ3v) is 4.15. The minimum absolute atomic E-state index is 0.178. The van der Waals surface area contributed by atoms with Crippen LogP contribution in [0.4, 0.5) is 4.39 Å². The monoisotopic (exact) mass is 266 g/mol. The summed E-state index contributed by atoms with van der Waals surface area (Å²) in [4.78, 5) is 1.91. The van der Waals surface area contributed by atoms with Crippen molar-refractivity contribution in [1.29, 1.82) is 0 Å². The van der Waals surface area contributed by atoms with Crippen molar-refractivity contribution in [3.63, 3.8) is 0 Å².